The zero-order valence-corrected chi connectivity index (χ0v) is 14.6. The third kappa shape index (κ3) is 9.97. The van der Waals surface area contributed by atoms with Crippen LogP contribution < -0.4 is 0 Å². The molecular weight excluding hydrogens is 272 g/mol. The Hall–Kier alpha value is -0.860. The molecule has 0 radical (unpaired) electrons. The van der Waals surface area contributed by atoms with Crippen molar-refractivity contribution in [1.82, 2.24) is 0 Å². The summed E-state index contributed by atoms with van der Waals surface area (Å²) in [5.74, 6) is 0. The van der Waals surface area contributed by atoms with Gasteiger partial charge in [-0.15, -0.1) is 0 Å². The average Bonchev–Trinajstić information content (AvgIpc) is 2.56. The molecule has 0 N–H and O–H groups in total. The highest BCUT2D eigenvalue weighted by molar-refractivity contribution is 5.14. The normalized spacial score (nSPS) is 12.5. The fraction of sp³-hybridized carbons (Fsp3) is 0.700. The molecule has 22 heavy (non-hydrogen) atoms. The van der Waals surface area contributed by atoms with E-state index >= 15 is 0 Å². The Kier molecular flexibility index (Phi) is 12.0. The molecule has 1 aromatic rings. The lowest BCUT2D eigenvalue weighted by Crippen LogP contribution is -2.17. The first kappa shape index (κ1) is 19.2. The van der Waals surface area contributed by atoms with Crippen LogP contribution in [0.15, 0.2) is 30.3 Å². The van der Waals surface area contributed by atoms with E-state index in [0.717, 1.165) is 19.4 Å². The molecule has 126 valence electrons. The van der Waals surface area contributed by atoms with Crippen molar-refractivity contribution in [2.24, 2.45) is 0 Å². The summed E-state index contributed by atoms with van der Waals surface area (Å²) in [5, 5.41) is 0. The molecule has 0 heterocycles. The van der Waals surface area contributed by atoms with Gasteiger partial charge in [0.2, 0.25) is 0 Å². The Balaban J connectivity index is 1.98. The van der Waals surface area contributed by atoms with Gasteiger partial charge in [0, 0.05) is 7.11 Å². The van der Waals surface area contributed by atoms with Gasteiger partial charge in [-0.25, -0.2) is 0 Å². The van der Waals surface area contributed by atoms with Crippen LogP contribution in [0.4, 0.5) is 0 Å². The van der Waals surface area contributed by atoms with Crippen LogP contribution in [-0.4, -0.2) is 20.0 Å². The van der Waals surface area contributed by atoms with Crippen molar-refractivity contribution in [3.05, 3.63) is 35.9 Å². The lowest BCUT2D eigenvalue weighted by Gasteiger charge is -2.16. The Morgan fingerprint density at radius 3 is 2.14 bits per heavy atom. The van der Waals surface area contributed by atoms with Gasteiger partial charge in [0.05, 0.1) is 6.61 Å². The van der Waals surface area contributed by atoms with E-state index in [9.17, 15) is 0 Å². The first-order chi connectivity index (χ1) is 10.9. The van der Waals surface area contributed by atoms with Gasteiger partial charge < -0.3 is 9.47 Å². The molecule has 1 rings (SSSR count). The van der Waals surface area contributed by atoms with E-state index in [1.807, 2.05) is 6.07 Å². The summed E-state index contributed by atoms with van der Waals surface area (Å²) < 4.78 is 11.3. The van der Waals surface area contributed by atoms with Crippen molar-refractivity contribution in [2.45, 2.75) is 77.4 Å². The molecule has 2 nitrogen and oxygen atoms in total. The third-order valence-electron chi connectivity index (χ3n) is 4.09. The van der Waals surface area contributed by atoms with Crippen molar-refractivity contribution in [2.75, 3.05) is 13.7 Å². The Labute approximate surface area is 137 Å². The Bertz CT molecular complexity index is 337. The quantitative estimate of drug-likeness (QED) is 0.322. The van der Waals surface area contributed by atoms with Crippen LogP contribution in [0.25, 0.3) is 0 Å². The van der Waals surface area contributed by atoms with Crippen molar-refractivity contribution in [1.29, 1.82) is 0 Å². The predicted molar refractivity (Wildman–Crippen MR) is 94.1 cm³/mol. The first-order valence-corrected chi connectivity index (χ1v) is 9.05. The SMILES string of the molecule is CCCCCCCCCCC(OC)OCCc1ccccc1. The minimum absolute atomic E-state index is 0.0381. The topological polar surface area (TPSA) is 18.5 Å². The highest BCUT2D eigenvalue weighted by atomic mass is 16.7. The minimum atomic E-state index is -0.0381. The van der Waals surface area contributed by atoms with Crippen LogP contribution in [-0.2, 0) is 15.9 Å². The summed E-state index contributed by atoms with van der Waals surface area (Å²) in [6, 6.07) is 10.5. The van der Waals surface area contributed by atoms with Gasteiger partial charge in [0.1, 0.15) is 0 Å². The summed E-state index contributed by atoms with van der Waals surface area (Å²) >= 11 is 0. The molecule has 0 saturated carbocycles. The van der Waals surface area contributed by atoms with Gasteiger partial charge >= 0.3 is 0 Å². The lowest BCUT2D eigenvalue weighted by atomic mass is 10.1. The first-order valence-electron chi connectivity index (χ1n) is 9.05. The van der Waals surface area contributed by atoms with Gasteiger partial charge in [0.15, 0.2) is 6.29 Å². The molecule has 0 aromatic heterocycles. The number of hydrogen-bond acceptors (Lipinski definition) is 2. The molecule has 0 aliphatic rings. The summed E-state index contributed by atoms with van der Waals surface area (Å²) in [5.41, 5.74) is 1.32. The van der Waals surface area contributed by atoms with Crippen molar-refractivity contribution >= 4 is 0 Å². The number of ether oxygens (including phenoxy) is 2. The van der Waals surface area contributed by atoms with Crippen LogP contribution in [0.3, 0.4) is 0 Å². The lowest BCUT2D eigenvalue weighted by molar-refractivity contribution is -0.127. The second-order valence-corrected chi connectivity index (χ2v) is 6.04. The molecule has 1 aromatic carbocycles. The fourth-order valence-corrected chi connectivity index (χ4v) is 2.67. The number of methoxy groups -OCH3 is 1. The monoisotopic (exact) mass is 306 g/mol. The number of rotatable bonds is 14. The summed E-state index contributed by atoms with van der Waals surface area (Å²) in [7, 11) is 1.75. The van der Waals surface area contributed by atoms with Crippen LogP contribution in [0.1, 0.15) is 70.3 Å². The zero-order chi connectivity index (χ0) is 15.9. The molecule has 0 bridgehead atoms. The highest BCUT2D eigenvalue weighted by Gasteiger charge is 2.07. The summed E-state index contributed by atoms with van der Waals surface area (Å²) in [6.07, 6.45) is 12.7. The van der Waals surface area contributed by atoms with E-state index in [-0.39, 0.29) is 6.29 Å². The van der Waals surface area contributed by atoms with Crippen LogP contribution >= 0.6 is 0 Å². The van der Waals surface area contributed by atoms with Gasteiger partial charge in [-0.05, 0) is 24.8 Å². The maximum absolute atomic E-state index is 5.83. The van der Waals surface area contributed by atoms with Crippen molar-refractivity contribution in [3.63, 3.8) is 0 Å². The molecule has 0 spiro atoms. The third-order valence-corrected chi connectivity index (χ3v) is 4.09. The molecule has 0 amide bonds. The van der Waals surface area contributed by atoms with Gasteiger partial charge in [-0.2, -0.15) is 0 Å². The van der Waals surface area contributed by atoms with Crippen LogP contribution in [0.5, 0.6) is 0 Å². The molecule has 0 aliphatic carbocycles. The molecule has 1 unspecified atom stereocenters. The standard InChI is InChI=1S/C20H34O2/c1-3-4-5-6-7-8-9-13-16-20(21-2)22-18-17-19-14-11-10-12-15-19/h10-12,14-15,20H,3-9,13,16-18H2,1-2H3. The minimum Gasteiger partial charge on any atom is -0.356 e. The number of hydrogen-bond donors (Lipinski definition) is 0. The Morgan fingerprint density at radius 1 is 0.864 bits per heavy atom. The summed E-state index contributed by atoms with van der Waals surface area (Å²) in [6.45, 7) is 3.00. The molecule has 0 saturated heterocycles. The highest BCUT2D eigenvalue weighted by Crippen LogP contribution is 2.12. The predicted octanol–water partition coefficient (Wildman–Crippen LogP) is 5.75. The molecule has 1 atom stereocenters. The maximum atomic E-state index is 5.83. The molecule has 2 heteroatoms. The van der Waals surface area contributed by atoms with E-state index in [4.69, 9.17) is 9.47 Å². The second-order valence-electron chi connectivity index (χ2n) is 6.04. The maximum Gasteiger partial charge on any atom is 0.157 e. The molecular formula is C20H34O2. The van der Waals surface area contributed by atoms with E-state index in [1.54, 1.807) is 7.11 Å². The van der Waals surface area contributed by atoms with E-state index in [0.29, 0.717) is 0 Å². The van der Waals surface area contributed by atoms with Gasteiger partial charge in [0.25, 0.3) is 0 Å². The largest absolute Gasteiger partial charge is 0.356 e. The smallest absolute Gasteiger partial charge is 0.157 e. The van der Waals surface area contributed by atoms with Gasteiger partial charge in [-0.3, -0.25) is 0 Å². The average molecular weight is 306 g/mol. The van der Waals surface area contributed by atoms with Crippen LogP contribution in [0, 0.1) is 0 Å². The molecule has 0 fully saturated rings. The molecule has 0 aliphatic heterocycles. The van der Waals surface area contributed by atoms with E-state index in [2.05, 4.69) is 31.2 Å². The van der Waals surface area contributed by atoms with Crippen molar-refractivity contribution in [3.8, 4) is 0 Å². The number of unbranched alkanes of at least 4 members (excludes halogenated alkanes) is 7. The number of benzene rings is 1. The Morgan fingerprint density at radius 2 is 1.50 bits per heavy atom. The fourth-order valence-electron chi connectivity index (χ4n) is 2.67. The van der Waals surface area contributed by atoms with Gasteiger partial charge in [-0.1, -0.05) is 82.2 Å². The van der Waals surface area contributed by atoms with E-state index in [1.165, 1.54) is 56.9 Å². The second kappa shape index (κ2) is 13.8. The van der Waals surface area contributed by atoms with E-state index < -0.39 is 0 Å². The van der Waals surface area contributed by atoms with Crippen LogP contribution in [0.2, 0.25) is 0 Å². The zero-order valence-electron chi connectivity index (χ0n) is 14.6. The summed E-state index contributed by atoms with van der Waals surface area (Å²) in [4.78, 5) is 0. The van der Waals surface area contributed by atoms with Crippen molar-refractivity contribution < 1.29 is 9.47 Å².